The number of imidazole rings is 1. The summed E-state index contributed by atoms with van der Waals surface area (Å²) in [7, 11) is 4.05. The number of nitrogens with one attached hydrogen (secondary N) is 1. The molecular formula is C25H28N8O. The van der Waals surface area contributed by atoms with Gasteiger partial charge in [-0.1, -0.05) is 35.9 Å². The van der Waals surface area contributed by atoms with Crippen LogP contribution in [0.4, 0.5) is 17.5 Å². The Morgan fingerprint density at radius 2 is 1.88 bits per heavy atom. The van der Waals surface area contributed by atoms with Gasteiger partial charge in [-0.2, -0.15) is 15.1 Å². The van der Waals surface area contributed by atoms with Gasteiger partial charge in [-0.05, 0) is 30.7 Å². The van der Waals surface area contributed by atoms with Gasteiger partial charge in [0, 0.05) is 32.9 Å². The summed E-state index contributed by atoms with van der Waals surface area (Å²) in [5, 5.41) is 4.44. The molecule has 0 bridgehead atoms. The minimum Gasteiger partial charge on any atom is -0.378 e. The van der Waals surface area contributed by atoms with Crippen molar-refractivity contribution in [1.82, 2.24) is 19.5 Å². The number of fused-ring (bicyclic) bond motifs is 1. The van der Waals surface area contributed by atoms with Crippen LogP contribution in [0.1, 0.15) is 11.1 Å². The highest BCUT2D eigenvalue weighted by Gasteiger charge is 2.20. The van der Waals surface area contributed by atoms with Gasteiger partial charge >= 0.3 is 0 Å². The smallest absolute Gasteiger partial charge is 0.229 e. The van der Waals surface area contributed by atoms with E-state index >= 15 is 0 Å². The summed E-state index contributed by atoms with van der Waals surface area (Å²) < 4.78 is 7.51. The van der Waals surface area contributed by atoms with Gasteiger partial charge in [0.1, 0.15) is 6.33 Å². The van der Waals surface area contributed by atoms with Gasteiger partial charge in [-0.25, -0.2) is 4.98 Å². The minimum absolute atomic E-state index is 0.568. The second-order valence-corrected chi connectivity index (χ2v) is 8.46. The molecule has 9 heteroatoms. The van der Waals surface area contributed by atoms with E-state index in [2.05, 4.69) is 56.5 Å². The van der Waals surface area contributed by atoms with E-state index in [9.17, 15) is 0 Å². The molecule has 1 fully saturated rings. The van der Waals surface area contributed by atoms with Crippen molar-refractivity contribution in [2.45, 2.75) is 6.92 Å². The molecule has 0 atom stereocenters. The van der Waals surface area contributed by atoms with Crippen molar-refractivity contribution in [2.75, 3.05) is 55.6 Å². The predicted molar refractivity (Wildman–Crippen MR) is 136 cm³/mol. The Morgan fingerprint density at radius 3 is 2.68 bits per heavy atom. The Bertz CT molecular complexity index is 1320. The van der Waals surface area contributed by atoms with Gasteiger partial charge in [0.25, 0.3) is 0 Å². The first-order valence-corrected chi connectivity index (χ1v) is 11.3. The Balaban J connectivity index is 1.56. The number of benzene rings is 2. The number of aromatic nitrogens is 4. The number of hydrogen-bond donors (Lipinski definition) is 1. The molecule has 2 aromatic heterocycles. The SMILES string of the molecule is Cc1cccc(C=NNc2nc(N3CCOCC3)nc3c2ncn3-c2cccc(N(C)C)c2)c1. The standard InChI is InChI=1S/C25H28N8O/c1-18-6-4-7-19(14-18)16-27-30-23-22-24(29-25(28-23)32-10-12-34-13-11-32)33(17-26-22)21-9-5-8-20(15-21)31(2)3/h4-9,14-17H,10-13H2,1-3H3,(H,28,29,30). The number of aryl methyl sites for hydroxylation is 1. The summed E-state index contributed by atoms with van der Waals surface area (Å²) in [4.78, 5) is 18.5. The lowest BCUT2D eigenvalue weighted by Gasteiger charge is -2.27. The van der Waals surface area contributed by atoms with Crippen LogP contribution in [-0.2, 0) is 4.74 Å². The zero-order valence-electron chi connectivity index (χ0n) is 19.6. The summed E-state index contributed by atoms with van der Waals surface area (Å²) in [5.74, 6) is 1.20. The third kappa shape index (κ3) is 4.55. The van der Waals surface area contributed by atoms with Crippen LogP contribution in [0.2, 0.25) is 0 Å². The van der Waals surface area contributed by atoms with Gasteiger partial charge in [-0.3, -0.25) is 9.99 Å². The van der Waals surface area contributed by atoms with E-state index < -0.39 is 0 Å². The highest BCUT2D eigenvalue weighted by atomic mass is 16.5. The van der Waals surface area contributed by atoms with Crippen LogP contribution in [0, 0.1) is 6.92 Å². The molecule has 9 nitrogen and oxygen atoms in total. The number of morpholine rings is 1. The number of rotatable bonds is 6. The zero-order valence-corrected chi connectivity index (χ0v) is 19.6. The first-order valence-electron chi connectivity index (χ1n) is 11.3. The Labute approximate surface area is 198 Å². The molecule has 0 saturated carbocycles. The van der Waals surface area contributed by atoms with Crippen LogP contribution in [0.3, 0.4) is 0 Å². The van der Waals surface area contributed by atoms with Crippen LogP contribution in [0.25, 0.3) is 16.9 Å². The Kier molecular flexibility index (Phi) is 6.09. The molecule has 0 radical (unpaired) electrons. The maximum Gasteiger partial charge on any atom is 0.229 e. The van der Waals surface area contributed by atoms with E-state index in [4.69, 9.17) is 14.7 Å². The van der Waals surface area contributed by atoms with Crippen LogP contribution < -0.4 is 15.2 Å². The minimum atomic E-state index is 0.568. The first-order chi connectivity index (χ1) is 16.6. The fourth-order valence-corrected chi connectivity index (χ4v) is 3.90. The third-order valence-corrected chi connectivity index (χ3v) is 5.73. The van der Waals surface area contributed by atoms with Gasteiger partial charge in [0.15, 0.2) is 17.0 Å². The summed E-state index contributed by atoms with van der Waals surface area (Å²) in [6.07, 6.45) is 3.57. The molecule has 0 amide bonds. The topological polar surface area (TPSA) is 83.7 Å². The predicted octanol–water partition coefficient (Wildman–Crippen LogP) is 3.47. The van der Waals surface area contributed by atoms with Crippen molar-refractivity contribution in [3.8, 4) is 5.69 Å². The summed E-state index contributed by atoms with van der Waals surface area (Å²) >= 11 is 0. The van der Waals surface area contributed by atoms with Crippen molar-refractivity contribution in [1.29, 1.82) is 0 Å². The second-order valence-electron chi connectivity index (χ2n) is 8.46. The molecule has 174 valence electrons. The molecule has 1 saturated heterocycles. The number of hydrazone groups is 1. The number of ether oxygens (including phenoxy) is 1. The lowest BCUT2D eigenvalue weighted by molar-refractivity contribution is 0.122. The van der Waals surface area contributed by atoms with E-state index in [1.807, 2.05) is 42.9 Å². The van der Waals surface area contributed by atoms with Gasteiger partial charge in [-0.15, -0.1) is 0 Å². The quantitative estimate of drug-likeness (QED) is 0.351. The lowest BCUT2D eigenvalue weighted by atomic mass is 10.2. The van der Waals surface area contributed by atoms with E-state index in [1.165, 1.54) is 5.56 Å². The normalized spacial score (nSPS) is 14.1. The number of anilines is 3. The van der Waals surface area contributed by atoms with Crippen molar-refractivity contribution in [2.24, 2.45) is 5.10 Å². The molecule has 34 heavy (non-hydrogen) atoms. The first kappa shape index (κ1) is 21.8. The van der Waals surface area contributed by atoms with Crippen LogP contribution >= 0.6 is 0 Å². The van der Waals surface area contributed by atoms with E-state index in [0.29, 0.717) is 30.5 Å². The zero-order chi connectivity index (χ0) is 23.5. The largest absolute Gasteiger partial charge is 0.378 e. The fraction of sp³-hybridized carbons (Fsp3) is 0.280. The van der Waals surface area contributed by atoms with Crippen molar-refractivity contribution < 1.29 is 4.74 Å². The van der Waals surface area contributed by atoms with Crippen molar-refractivity contribution >= 4 is 34.8 Å². The summed E-state index contributed by atoms with van der Waals surface area (Å²) in [5.41, 5.74) is 8.76. The number of nitrogens with zero attached hydrogens (tertiary/aromatic N) is 7. The fourth-order valence-electron chi connectivity index (χ4n) is 3.90. The average Bonchev–Trinajstić information content (AvgIpc) is 3.29. The average molecular weight is 457 g/mol. The molecule has 1 N–H and O–H groups in total. The van der Waals surface area contributed by atoms with Gasteiger partial charge < -0.3 is 14.5 Å². The molecule has 4 aromatic rings. The molecule has 0 aliphatic carbocycles. The maximum absolute atomic E-state index is 5.52. The number of hydrogen-bond acceptors (Lipinski definition) is 8. The molecule has 0 spiro atoms. The monoisotopic (exact) mass is 456 g/mol. The highest BCUT2D eigenvalue weighted by molar-refractivity contribution is 5.87. The van der Waals surface area contributed by atoms with Crippen LogP contribution in [-0.4, -0.2) is 66.1 Å². The third-order valence-electron chi connectivity index (χ3n) is 5.73. The Hall–Kier alpha value is -3.98. The molecular weight excluding hydrogens is 428 g/mol. The molecule has 2 aromatic carbocycles. The molecule has 1 aliphatic rings. The van der Waals surface area contributed by atoms with Gasteiger partial charge in [0.05, 0.1) is 25.1 Å². The summed E-state index contributed by atoms with van der Waals surface area (Å²) in [6, 6.07) is 16.4. The highest BCUT2D eigenvalue weighted by Crippen LogP contribution is 2.26. The van der Waals surface area contributed by atoms with E-state index in [0.717, 1.165) is 35.7 Å². The molecule has 1 aliphatic heterocycles. The van der Waals surface area contributed by atoms with Crippen molar-refractivity contribution in [3.05, 3.63) is 66.0 Å². The molecule has 0 unspecified atom stereocenters. The van der Waals surface area contributed by atoms with Crippen LogP contribution in [0.15, 0.2) is 60.0 Å². The second kappa shape index (κ2) is 9.48. The Morgan fingerprint density at radius 1 is 1.06 bits per heavy atom. The lowest BCUT2D eigenvalue weighted by Crippen LogP contribution is -2.37. The van der Waals surface area contributed by atoms with Gasteiger partial charge in [0.2, 0.25) is 5.95 Å². The summed E-state index contributed by atoms with van der Waals surface area (Å²) in [6.45, 7) is 4.84. The van der Waals surface area contributed by atoms with Crippen LogP contribution in [0.5, 0.6) is 0 Å². The maximum atomic E-state index is 5.52. The molecule has 3 heterocycles. The van der Waals surface area contributed by atoms with E-state index in [1.54, 1.807) is 12.5 Å². The molecule has 5 rings (SSSR count). The van der Waals surface area contributed by atoms with E-state index in [-0.39, 0.29) is 0 Å². The van der Waals surface area contributed by atoms with Crippen molar-refractivity contribution in [3.63, 3.8) is 0 Å².